The maximum atomic E-state index is 11.5. The first-order valence-corrected chi connectivity index (χ1v) is 6.45. The highest BCUT2D eigenvalue weighted by molar-refractivity contribution is 5.74. The van der Waals surface area contributed by atoms with Crippen molar-refractivity contribution in [3.05, 3.63) is 0 Å². The molecule has 0 saturated heterocycles. The first-order valence-electron chi connectivity index (χ1n) is 6.45. The van der Waals surface area contributed by atoms with Crippen LogP contribution in [0.15, 0.2) is 0 Å². The molecule has 1 aliphatic rings. The van der Waals surface area contributed by atoms with Crippen LogP contribution in [0.3, 0.4) is 0 Å². The molecule has 0 aromatic heterocycles. The van der Waals surface area contributed by atoms with Crippen LogP contribution >= 0.6 is 0 Å². The quantitative estimate of drug-likeness (QED) is 0.559. The molecule has 0 unspecified atom stereocenters. The van der Waals surface area contributed by atoms with Crippen molar-refractivity contribution in [1.82, 2.24) is 10.6 Å². The highest BCUT2D eigenvalue weighted by atomic mass is 16.5. The Labute approximate surface area is 98.1 Å². The summed E-state index contributed by atoms with van der Waals surface area (Å²) >= 11 is 0. The summed E-state index contributed by atoms with van der Waals surface area (Å²) in [6, 6.07) is 0.321. The summed E-state index contributed by atoms with van der Waals surface area (Å²) in [5.41, 5.74) is 0. The normalized spacial score (nSPS) is 17.8. The van der Waals surface area contributed by atoms with Gasteiger partial charge in [0.15, 0.2) is 0 Å². The SMILES string of the molecule is CCOCCNC(=O)NC1CCCCCC1. The Balaban J connectivity index is 2.07. The van der Waals surface area contributed by atoms with Gasteiger partial charge in [0.05, 0.1) is 6.61 Å². The van der Waals surface area contributed by atoms with Gasteiger partial charge >= 0.3 is 6.03 Å². The van der Waals surface area contributed by atoms with Crippen LogP contribution in [0.2, 0.25) is 0 Å². The van der Waals surface area contributed by atoms with Crippen molar-refractivity contribution >= 4 is 6.03 Å². The maximum absolute atomic E-state index is 11.5. The Bertz CT molecular complexity index is 189. The lowest BCUT2D eigenvalue weighted by atomic mass is 10.1. The van der Waals surface area contributed by atoms with E-state index in [1.807, 2.05) is 6.92 Å². The van der Waals surface area contributed by atoms with Gasteiger partial charge in [0, 0.05) is 19.2 Å². The molecule has 2 amide bonds. The van der Waals surface area contributed by atoms with Gasteiger partial charge in [0.25, 0.3) is 0 Å². The second kappa shape index (κ2) is 8.39. The molecule has 94 valence electrons. The smallest absolute Gasteiger partial charge is 0.315 e. The number of urea groups is 1. The first kappa shape index (κ1) is 13.3. The average molecular weight is 228 g/mol. The predicted molar refractivity (Wildman–Crippen MR) is 64.5 cm³/mol. The van der Waals surface area contributed by atoms with E-state index >= 15 is 0 Å². The Morgan fingerprint density at radius 3 is 2.56 bits per heavy atom. The third-order valence-electron chi connectivity index (χ3n) is 2.93. The standard InChI is InChI=1S/C12H24N2O2/c1-2-16-10-9-13-12(15)14-11-7-5-3-4-6-8-11/h11H,2-10H2,1H3,(H2,13,14,15). The van der Waals surface area contributed by atoms with E-state index in [-0.39, 0.29) is 6.03 Å². The minimum absolute atomic E-state index is 0.0494. The van der Waals surface area contributed by atoms with Gasteiger partial charge in [0.2, 0.25) is 0 Å². The summed E-state index contributed by atoms with van der Waals surface area (Å²) in [7, 11) is 0. The molecule has 2 N–H and O–H groups in total. The fourth-order valence-corrected chi connectivity index (χ4v) is 2.04. The topological polar surface area (TPSA) is 50.4 Å². The summed E-state index contributed by atoms with van der Waals surface area (Å²) in [5.74, 6) is 0. The van der Waals surface area contributed by atoms with E-state index < -0.39 is 0 Å². The van der Waals surface area contributed by atoms with Gasteiger partial charge in [-0.05, 0) is 19.8 Å². The lowest BCUT2D eigenvalue weighted by molar-refractivity contribution is 0.149. The molecule has 0 radical (unpaired) electrons. The molecule has 4 nitrogen and oxygen atoms in total. The molecule has 0 aromatic carbocycles. The van der Waals surface area contributed by atoms with E-state index in [0.29, 0.717) is 25.8 Å². The Morgan fingerprint density at radius 2 is 1.94 bits per heavy atom. The van der Waals surface area contributed by atoms with E-state index in [2.05, 4.69) is 10.6 Å². The van der Waals surface area contributed by atoms with E-state index in [1.165, 1.54) is 25.7 Å². The van der Waals surface area contributed by atoms with Crippen LogP contribution in [0.4, 0.5) is 4.79 Å². The summed E-state index contributed by atoms with van der Waals surface area (Å²) in [5, 5.41) is 5.84. The Hall–Kier alpha value is -0.770. The van der Waals surface area contributed by atoms with Crippen molar-refractivity contribution in [2.45, 2.75) is 51.5 Å². The number of nitrogens with one attached hydrogen (secondary N) is 2. The molecule has 4 heteroatoms. The van der Waals surface area contributed by atoms with Gasteiger partial charge < -0.3 is 15.4 Å². The van der Waals surface area contributed by atoms with E-state index in [0.717, 1.165) is 12.8 Å². The summed E-state index contributed by atoms with van der Waals surface area (Å²) in [6.45, 7) is 3.83. The van der Waals surface area contributed by atoms with Crippen LogP contribution in [0.1, 0.15) is 45.4 Å². The van der Waals surface area contributed by atoms with E-state index in [1.54, 1.807) is 0 Å². The molecule has 1 fully saturated rings. The Morgan fingerprint density at radius 1 is 1.25 bits per heavy atom. The van der Waals surface area contributed by atoms with Crippen molar-refractivity contribution in [1.29, 1.82) is 0 Å². The zero-order valence-corrected chi connectivity index (χ0v) is 10.3. The molecule has 1 aliphatic carbocycles. The van der Waals surface area contributed by atoms with Crippen LogP contribution in [-0.4, -0.2) is 31.8 Å². The number of hydrogen-bond acceptors (Lipinski definition) is 2. The summed E-state index contributed by atoms with van der Waals surface area (Å²) < 4.78 is 5.15. The number of amides is 2. The van der Waals surface area contributed by atoms with Crippen molar-refractivity contribution in [2.75, 3.05) is 19.8 Å². The summed E-state index contributed by atoms with van der Waals surface area (Å²) in [6.07, 6.45) is 7.35. The number of rotatable bonds is 5. The molecular weight excluding hydrogens is 204 g/mol. The zero-order chi connectivity index (χ0) is 11.6. The fourth-order valence-electron chi connectivity index (χ4n) is 2.04. The predicted octanol–water partition coefficient (Wildman–Crippen LogP) is 2.04. The van der Waals surface area contributed by atoms with Gasteiger partial charge in [-0.1, -0.05) is 25.7 Å². The summed E-state index contributed by atoms with van der Waals surface area (Å²) in [4.78, 5) is 11.5. The van der Waals surface area contributed by atoms with Crippen LogP contribution in [-0.2, 0) is 4.74 Å². The van der Waals surface area contributed by atoms with Crippen molar-refractivity contribution in [3.8, 4) is 0 Å². The molecule has 0 spiro atoms. The monoisotopic (exact) mass is 228 g/mol. The largest absolute Gasteiger partial charge is 0.380 e. The maximum Gasteiger partial charge on any atom is 0.315 e. The third-order valence-corrected chi connectivity index (χ3v) is 2.93. The second-order valence-corrected chi connectivity index (χ2v) is 4.29. The third kappa shape index (κ3) is 5.95. The molecule has 0 bridgehead atoms. The number of ether oxygens (including phenoxy) is 1. The molecule has 0 heterocycles. The molecule has 0 aliphatic heterocycles. The lowest BCUT2D eigenvalue weighted by Gasteiger charge is -2.16. The van der Waals surface area contributed by atoms with Crippen LogP contribution < -0.4 is 10.6 Å². The molecule has 1 rings (SSSR count). The lowest BCUT2D eigenvalue weighted by Crippen LogP contribution is -2.42. The average Bonchev–Trinajstić information content (AvgIpc) is 2.53. The van der Waals surface area contributed by atoms with E-state index in [9.17, 15) is 4.79 Å². The number of carbonyl (C=O) groups excluding carboxylic acids is 1. The Kier molecular flexibility index (Phi) is 6.97. The molecule has 16 heavy (non-hydrogen) atoms. The minimum Gasteiger partial charge on any atom is -0.380 e. The number of carbonyl (C=O) groups is 1. The van der Waals surface area contributed by atoms with E-state index in [4.69, 9.17) is 4.74 Å². The van der Waals surface area contributed by atoms with Gasteiger partial charge in [-0.25, -0.2) is 4.79 Å². The van der Waals surface area contributed by atoms with Crippen molar-refractivity contribution < 1.29 is 9.53 Å². The van der Waals surface area contributed by atoms with Gasteiger partial charge in [-0.2, -0.15) is 0 Å². The second-order valence-electron chi connectivity index (χ2n) is 4.29. The van der Waals surface area contributed by atoms with Crippen LogP contribution in [0.5, 0.6) is 0 Å². The van der Waals surface area contributed by atoms with Crippen molar-refractivity contribution in [3.63, 3.8) is 0 Å². The molecular formula is C12H24N2O2. The first-order chi connectivity index (χ1) is 7.83. The van der Waals surface area contributed by atoms with Gasteiger partial charge in [-0.15, -0.1) is 0 Å². The van der Waals surface area contributed by atoms with Gasteiger partial charge in [-0.3, -0.25) is 0 Å². The molecule has 0 atom stereocenters. The van der Waals surface area contributed by atoms with Crippen LogP contribution in [0, 0.1) is 0 Å². The number of hydrogen-bond donors (Lipinski definition) is 2. The molecule has 1 saturated carbocycles. The fraction of sp³-hybridized carbons (Fsp3) is 0.917. The van der Waals surface area contributed by atoms with Crippen LogP contribution in [0.25, 0.3) is 0 Å². The minimum atomic E-state index is -0.0494. The molecule has 0 aromatic rings. The van der Waals surface area contributed by atoms with Crippen molar-refractivity contribution in [2.24, 2.45) is 0 Å². The van der Waals surface area contributed by atoms with Gasteiger partial charge in [0.1, 0.15) is 0 Å². The highest BCUT2D eigenvalue weighted by Gasteiger charge is 2.13. The zero-order valence-electron chi connectivity index (χ0n) is 10.3. The highest BCUT2D eigenvalue weighted by Crippen LogP contribution is 2.16.